The van der Waals surface area contributed by atoms with Crippen molar-refractivity contribution in [2.75, 3.05) is 11.9 Å². The summed E-state index contributed by atoms with van der Waals surface area (Å²) in [4.78, 5) is 23.4. The van der Waals surface area contributed by atoms with E-state index in [1.54, 1.807) is 16.2 Å². The molecule has 36 heavy (non-hydrogen) atoms. The Balaban J connectivity index is 0.000000454. The molecule has 0 spiro atoms. The van der Waals surface area contributed by atoms with Crippen LogP contribution in [-0.4, -0.2) is 48.6 Å². The van der Waals surface area contributed by atoms with Crippen LogP contribution in [0, 0.1) is 0 Å². The summed E-state index contributed by atoms with van der Waals surface area (Å²) in [5.74, 6) is -2.76. The van der Waals surface area contributed by atoms with Crippen LogP contribution in [0.25, 0.3) is 0 Å². The summed E-state index contributed by atoms with van der Waals surface area (Å²) >= 11 is 1.60. The van der Waals surface area contributed by atoms with E-state index in [-0.39, 0.29) is 17.6 Å². The number of carboxylic acid groups (broad SMARTS) is 1. The molecule has 2 N–H and O–H groups in total. The monoisotopic (exact) mass is 526 g/mol. The lowest BCUT2D eigenvalue weighted by molar-refractivity contribution is -0.192. The van der Waals surface area contributed by atoms with Crippen molar-refractivity contribution in [3.8, 4) is 0 Å². The number of piperidine rings is 1. The first-order valence-electron chi connectivity index (χ1n) is 11.9. The number of benzene rings is 1. The number of hydrogen-bond acceptors (Lipinski definition) is 5. The highest BCUT2D eigenvalue weighted by atomic mass is 32.1. The summed E-state index contributed by atoms with van der Waals surface area (Å²) < 4.78 is 37.6. The summed E-state index contributed by atoms with van der Waals surface area (Å²) in [6.07, 6.45) is -0.172. The molecular formula is C26H33F3N2O4S. The Hall–Kier alpha value is -2.59. The second-order valence-corrected chi connectivity index (χ2v) is 11.2. The number of halogens is 3. The minimum Gasteiger partial charge on any atom is -0.475 e. The van der Waals surface area contributed by atoms with Gasteiger partial charge < -0.3 is 15.2 Å². The lowest BCUT2D eigenvalue weighted by Gasteiger charge is -2.30. The number of hydrogen-bond donors (Lipinski definition) is 2. The SMILES string of the molecule is CN(C(=O)OC1CC2CCC(C1)N2)c1sccc1Cc1ccc(C(C)(C)C)cc1.O=C(O)C(F)(F)F. The standard InChI is InChI=1S/C24H32N2O2S.C2HF3O2/c1-24(2,3)18-7-5-16(6-8-18)13-17-11-12-29-22(17)26(4)23(27)28-21-14-19-9-10-20(15-21)25-19;3-2(4,5)1(6)7/h5-8,11-12,19-21,25H,9-10,13-15H2,1-4H3;(H,6,7). The first-order valence-corrected chi connectivity index (χ1v) is 12.8. The van der Waals surface area contributed by atoms with Crippen molar-refractivity contribution < 1.29 is 32.6 Å². The molecule has 2 bridgehead atoms. The largest absolute Gasteiger partial charge is 0.490 e. The van der Waals surface area contributed by atoms with Crippen molar-refractivity contribution in [2.24, 2.45) is 0 Å². The first kappa shape index (κ1) is 28.0. The summed E-state index contributed by atoms with van der Waals surface area (Å²) in [5, 5.41) is 13.8. The molecule has 1 aromatic heterocycles. The number of carbonyl (C=O) groups is 2. The summed E-state index contributed by atoms with van der Waals surface area (Å²) in [6, 6.07) is 12.0. The van der Waals surface area contributed by atoms with Gasteiger partial charge in [0, 0.05) is 25.6 Å². The Morgan fingerprint density at radius 3 is 2.14 bits per heavy atom. The Labute approximate surface area is 213 Å². The van der Waals surface area contributed by atoms with Crippen LogP contribution < -0.4 is 10.2 Å². The maximum Gasteiger partial charge on any atom is 0.490 e. The number of fused-ring (bicyclic) bond motifs is 2. The van der Waals surface area contributed by atoms with E-state index in [1.165, 1.54) is 29.5 Å². The quantitative estimate of drug-likeness (QED) is 0.502. The normalized spacial score (nSPS) is 21.4. The molecule has 4 rings (SSSR count). The van der Waals surface area contributed by atoms with Crippen LogP contribution in [0.3, 0.4) is 0 Å². The molecule has 0 radical (unpaired) electrons. The van der Waals surface area contributed by atoms with E-state index < -0.39 is 12.1 Å². The molecule has 0 aliphatic carbocycles. The van der Waals surface area contributed by atoms with Crippen molar-refractivity contribution in [1.29, 1.82) is 0 Å². The summed E-state index contributed by atoms with van der Waals surface area (Å²) in [7, 11) is 1.83. The Morgan fingerprint density at radius 2 is 1.64 bits per heavy atom. The zero-order valence-corrected chi connectivity index (χ0v) is 21.7. The van der Waals surface area contributed by atoms with Gasteiger partial charge in [-0.25, -0.2) is 9.59 Å². The van der Waals surface area contributed by atoms with Crippen LogP contribution in [-0.2, 0) is 21.4 Å². The number of ether oxygens (including phenoxy) is 1. The van der Waals surface area contributed by atoms with Crippen LogP contribution >= 0.6 is 11.3 Å². The Morgan fingerprint density at radius 1 is 1.08 bits per heavy atom. The van der Waals surface area contributed by atoms with Crippen molar-refractivity contribution in [2.45, 2.75) is 82.7 Å². The molecule has 2 fully saturated rings. The van der Waals surface area contributed by atoms with Crippen molar-refractivity contribution in [1.82, 2.24) is 5.32 Å². The molecule has 10 heteroatoms. The van der Waals surface area contributed by atoms with Crippen LogP contribution in [0.5, 0.6) is 0 Å². The highest BCUT2D eigenvalue weighted by molar-refractivity contribution is 7.14. The molecular weight excluding hydrogens is 493 g/mol. The van der Waals surface area contributed by atoms with Gasteiger partial charge in [-0.1, -0.05) is 45.0 Å². The molecule has 2 atom stereocenters. The number of carbonyl (C=O) groups excluding carboxylic acids is 1. The molecule has 1 aromatic carbocycles. The molecule has 1 amide bonds. The highest BCUT2D eigenvalue weighted by Gasteiger charge is 2.38. The predicted molar refractivity (Wildman–Crippen MR) is 134 cm³/mol. The molecule has 2 unspecified atom stereocenters. The van der Waals surface area contributed by atoms with Crippen molar-refractivity contribution in [3.05, 3.63) is 52.4 Å². The van der Waals surface area contributed by atoms with E-state index in [0.29, 0.717) is 12.1 Å². The number of carboxylic acids is 1. The van der Waals surface area contributed by atoms with Gasteiger partial charge in [0.15, 0.2) is 0 Å². The maximum atomic E-state index is 12.8. The third kappa shape index (κ3) is 7.46. The van der Waals surface area contributed by atoms with Gasteiger partial charge in [0.05, 0.1) is 0 Å². The number of anilines is 1. The molecule has 2 aliphatic rings. The second-order valence-electron chi connectivity index (χ2n) is 10.4. The molecule has 6 nitrogen and oxygen atoms in total. The zero-order valence-electron chi connectivity index (χ0n) is 20.9. The fourth-order valence-electron chi connectivity index (χ4n) is 4.50. The number of amides is 1. The fourth-order valence-corrected chi connectivity index (χ4v) is 5.39. The summed E-state index contributed by atoms with van der Waals surface area (Å²) in [5.41, 5.74) is 3.92. The molecule has 2 aliphatic heterocycles. The van der Waals surface area contributed by atoms with Gasteiger partial charge in [-0.05, 0) is 59.2 Å². The lowest BCUT2D eigenvalue weighted by Crippen LogP contribution is -2.43. The summed E-state index contributed by atoms with van der Waals surface area (Å²) in [6.45, 7) is 6.69. The van der Waals surface area contributed by atoms with Gasteiger partial charge in [-0.15, -0.1) is 11.3 Å². The van der Waals surface area contributed by atoms with E-state index in [1.807, 2.05) is 7.05 Å². The smallest absolute Gasteiger partial charge is 0.475 e. The van der Waals surface area contributed by atoms with Crippen LogP contribution in [0.4, 0.5) is 23.0 Å². The average Bonchev–Trinajstić information content (AvgIpc) is 3.38. The molecule has 0 saturated carbocycles. The minimum atomic E-state index is -5.08. The van der Waals surface area contributed by atoms with Gasteiger partial charge in [0.2, 0.25) is 0 Å². The van der Waals surface area contributed by atoms with Crippen LogP contribution in [0.2, 0.25) is 0 Å². The molecule has 2 aromatic rings. The second kappa shape index (κ2) is 11.2. The van der Waals surface area contributed by atoms with Gasteiger partial charge in [-0.3, -0.25) is 4.90 Å². The average molecular weight is 527 g/mol. The van der Waals surface area contributed by atoms with Gasteiger partial charge in [0.25, 0.3) is 0 Å². The number of alkyl halides is 3. The number of nitrogens with zero attached hydrogens (tertiary/aromatic N) is 1. The van der Waals surface area contributed by atoms with Crippen LogP contribution in [0.15, 0.2) is 35.7 Å². The topological polar surface area (TPSA) is 78.9 Å². The van der Waals surface area contributed by atoms with E-state index in [2.05, 4.69) is 61.8 Å². The van der Waals surface area contributed by atoms with Crippen molar-refractivity contribution >= 4 is 28.4 Å². The first-order chi connectivity index (χ1) is 16.7. The lowest BCUT2D eigenvalue weighted by atomic mass is 9.86. The molecule has 3 heterocycles. The number of rotatable bonds is 4. The Bertz CT molecular complexity index is 1030. The number of aliphatic carboxylic acids is 1. The third-order valence-corrected chi connectivity index (χ3v) is 7.49. The molecule has 198 valence electrons. The molecule has 2 saturated heterocycles. The zero-order chi connectivity index (χ0) is 26.7. The van der Waals surface area contributed by atoms with Gasteiger partial charge in [0.1, 0.15) is 11.1 Å². The Kier molecular flexibility index (Phi) is 8.71. The minimum absolute atomic E-state index is 0.0389. The van der Waals surface area contributed by atoms with E-state index in [9.17, 15) is 18.0 Å². The number of nitrogens with one attached hydrogen (secondary N) is 1. The van der Waals surface area contributed by atoms with Gasteiger partial charge >= 0.3 is 18.2 Å². The highest BCUT2D eigenvalue weighted by Crippen LogP contribution is 2.32. The van der Waals surface area contributed by atoms with Gasteiger partial charge in [-0.2, -0.15) is 13.2 Å². The van der Waals surface area contributed by atoms with E-state index in [4.69, 9.17) is 14.6 Å². The predicted octanol–water partition coefficient (Wildman–Crippen LogP) is 6.13. The van der Waals surface area contributed by atoms with Crippen molar-refractivity contribution in [3.63, 3.8) is 0 Å². The number of thiophene rings is 1. The fraction of sp³-hybridized carbons (Fsp3) is 0.538. The third-order valence-electron chi connectivity index (χ3n) is 6.46. The van der Waals surface area contributed by atoms with Crippen LogP contribution in [0.1, 0.15) is 63.1 Å². The van der Waals surface area contributed by atoms with E-state index >= 15 is 0 Å². The van der Waals surface area contributed by atoms with E-state index in [0.717, 1.165) is 24.3 Å². The maximum absolute atomic E-state index is 12.8.